The van der Waals surface area contributed by atoms with E-state index >= 15 is 0 Å². The van der Waals surface area contributed by atoms with Crippen LogP contribution in [0.1, 0.15) is 33.1 Å². The van der Waals surface area contributed by atoms with Gasteiger partial charge in [0, 0.05) is 0 Å². The van der Waals surface area contributed by atoms with Crippen LogP contribution in [0.5, 0.6) is 0 Å². The van der Waals surface area contributed by atoms with E-state index in [1.807, 2.05) is 0 Å². The quantitative estimate of drug-likeness (QED) is 0.126. The normalized spacial score (nSPS) is 16.3. The van der Waals surface area contributed by atoms with Crippen molar-refractivity contribution in [3.8, 4) is 0 Å². The highest BCUT2D eigenvalue weighted by Gasteiger charge is 2.94. The molecular formula is C16H15F15O2. The molecule has 0 aliphatic carbocycles. The Bertz CT molecular complexity index is 709. The van der Waals surface area contributed by atoms with E-state index in [4.69, 9.17) is 0 Å². The topological polar surface area (TPSA) is 26.3 Å². The molecule has 0 aliphatic heterocycles. The fourth-order valence-corrected chi connectivity index (χ4v) is 1.99. The van der Waals surface area contributed by atoms with Gasteiger partial charge in [-0.2, -0.15) is 65.9 Å². The van der Waals surface area contributed by atoms with Crippen molar-refractivity contribution in [2.24, 2.45) is 0 Å². The maximum Gasteiger partial charge on any atom is 0.460 e. The lowest BCUT2D eigenvalue weighted by molar-refractivity contribution is -0.450. The van der Waals surface area contributed by atoms with E-state index in [0.29, 0.717) is 19.8 Å². The van der Waals surface area contributed by atoms with Crippen LogP contribution in [0.4, 0.5) is 65.9 Å². The molecular weight excluding hydrogens is 509 g/mol. The smallest absolute Gasteiger partial charge is 0.454 e. The third-order valence-electron chi connectivity index (χ3n) is 4.01. The SMILES string of the molecule is CCCC/C=C/C(C)OC(=O)C(F)(F)C(F)(F)C(F)(F)C(F)(F)C(F)(F)C(F)(F)C(F)(F)F. The summed E-state index contributed by atoms with van der Waals surface area (Å²) in [5, 5.41) is 0. The van der Waals surface area contributed by atoms with Crippen molar-refractivity contribution < 1.29 is 75.4 Å². The summed E-state index contributed by atoms with van der Waals surface area (Å²) in [5.74, 6) is -51.9. The van der Waals surface area contributed by atoms with Gasteiger partial charge >= 0.3 is 47.7 Å². The van der Waals surface area contributed by atoms with Crippen LogP contribution in [0.25, 0.3) is 0 Å². The van der Waals surface area contributed by atoms with Crippen molar-refractivity contribution in [1.29, 1.82) is 0 Å². The maximum atomic E-state index is 13.6. The van der Waals surface area contributed by atoms with Gasteiger partial charge in [-0.25, -0.2) is 4.79 Å². The number of rotatable bonds is 11. The van der Waals surface area contributed by atoms with E-state index in [1.54, 1.807) is 6.92 Å². The molecule has 0 fully saturated rings. The Hall–Kier alpha value is -1.84. The van der Waals surface area contributed by atoms with Crippen LogP contribution >= 0.6 is 0 Å². The molecule has 0 rings (SSSR count). The van der Waals surface area contributed by atoms with E-state index in [-0.39, 0.29) is 6.42 Å². The number of ether oxygens (including phenoxy) is 1. The number of esters is 1. The van der Waals surface area contributed by atoms with E-state index in [2.05, 4.69) is 4.74 Å². The first-order chi connectivity index (χ1) is 14.4. The molecule has 0 aromatic carbocycles. The average Bonchev–Trinajstić information content (AvgIpc) is 2.63. The molecule has 0 N–H and O–H groups in total. The van der Waals surface area contributed by atoms with E-state index < -0.39 is 53.8 Å². The molecule has 0 radical (unpaired) electrons. The Kier molecular flexibility index (Phi) is 8.90. The second-order valence-corrected chi connectivity index (χ2v) is 6.62. The van der Waals surface area contributed by atoms with Crippen molar-refractivity contribution in [2.75, 3.05) is 0 Å². The fraction of sp³-hybridized carbons (Fsp3) is 0.812. The molecule has 1 unspecified atom stereocenters. The molecule has 0 aromatic rings. The van der Waals surface area contributed by atoms with Gasteiger partial charge < -0.3 is 4.74 Å². The molecule has 0 saturated carbocycles. The summed E-state index contributed by atoms with van der Waals surface area (Å²) in [6.45, 7) is 2.42. The summed E-state index contributed by atoms with van der Waals surface area (Å²) < 4.78 is 199. The van der Waals surface area contributed by atoms with Crippen LogP contribution in [0.15, 0.2) is 12.2 Å². The predicted octanol–water partition coefficient (Wildman–Crippen LogP) is 7.04. The van der Waals surface area contributed by atoms with Crippen molar-refractivity contribution in [1.82, 2.24) is 0 Å². The van der Waals surface area contributed by atoms with Crippen LogP contribution in [-0.4, -0.2) is 53.8 Å². The minimum atomic E-state index is -8.45. The van der Waals surface area contributed by atoms with Crippen LogP contribution in [0, 0.1) is 0 Å². The summed E-state index contributed by atoms with van der Waals surface area (Å²) in [5.41, 5.74) is 0. The van der Waals surface area contributed by atoms with Crippen molar-refractivity contribution >= 4 is 5.97 Å². The largest absolute Gasteiger partial charge is 0.460 e. The number of hydrogen-bond acceptors (Lipinski definition) is 2. The predicted molar refractivity (Wildman–Crippen MR) is 80.0 cm³/mol. The third kappa shape index (κ3) is 5.15. The molecule has 0 heterocycles. The van der Waals surface area contributed by atoms with Crippen molar-refractivity contribution in [3.63, 3.8) is 0 Å². The van der Waals surface area contributed by atoms with E-state index in [0.717, 1.165) is 12.2 Å². The van der Waals surface area contributed by atoms with Gasteiger partial charge in [-0.05, 0) is 19.4 Å². The van der Waals surface area contributed by atoms with Gasteiger partial charge in [0.25, 0.3) is 0 Å². The summed E-state index contributed by atoms with van der Waals surface area (Å²) in [7, 11) is 0. The van der Waals surface area contributed by atoms with Crippen LogP contribution < -0.4 is 0 Å². The van der Waals surface area contributed by atoms with Gasteiger partial charge in [0.05, 0.1) is 0 Å². The number of allylic oxidation sites excluding steroid dienone is 1. The number of unbranched alkanes of at least 4 members (excludes halogenated alkanes) is 2. The van der Waals surface area contributed by atoms with E-state index in [9.17, 15) is 70.7 Å². The van der Waals surface area contributed by atoms with Crippen molar-refractivity contribution in [2.45, 2.75) is 80.9 Å². The Balaban J connectivity index is 6.17. The number of halogens is 15. The number of hydrogen-bond donors (Lipinski definition) is 0. The third-order valence-corrected chi connectivity index (χ3v) is 4.01. The highest BCUT2D eigenvalue weighted by molar-refractivity contribution is 5.79. The Morgan fingerprint density at radius 3 is 1.52 bits per heavy atom. The molecule has 196 valence electrons. The Labute approximate surface area is 175 Å². The molecule has 2 nitrogen and oxygen atoms in total. The molecule has 0 bridgehead atoms. The lowest BCUT2D eigenvalue weighted by Crippen LogP contribution is -2.73. The lowest BCUT2D eigenvalue weighted by Gasteiger charge is -2.40. The van der Waals surface area contributed by atoms with Gasteiger partial charge in [0.1, 0.15) is 6.10 Å². The first-order valence-corrected chi connectivity index (χ1v) is 8.59. The summed E-state index contributed by atoms with van der Waals surface area (Å²) in [6.07, 6.45) is -6.29. The average molecular weight is 524 g/mol. The first-order valence-electron chi connectivity index (χ1n) is 8.59. The number of carbonyl (C=O) groups is 1. The van der Waals surface area contributed by atoms with Crippen LogP contribution in [0.2, 0.25) is 0 Å². The highest BCUT2D eigenvalue weighted by atomic mass is 19.4. The molecule has 0 aromatic heterocycles. The zero-order valence-corrected chi connectivity index (χ0v) is 16.3. The zero-order chi connectivity index (χ0) is 26.9. The summed E-state index contributed by atoms with van der Waals surface area (Å²) >= 11 is 0. The minimum Gasteiger partial charge on any atom is -0.454 e. The maximum absolute atomic E-state index is 13.6. The molecule has 17 heteroatoms. The first kappa shape index (κ1) is 31.2. The van der Waals surface area contributed by atoms with Gasteiger partial charge in [-0.1, -0.05) is 25.8 Å². The van der Waals surface area contributed by atoms with Gasteiger partial charge in [-0.15, -0.1) is 0 Å². The summed E-state index contributed by atoms with van der Waals surface area (Å²) in [6, 6.07) is 0. The summed E-state index contributed by atoms with van der Waals surface area (Å²) in [4.78, 5) is 11.2. The molecule has 0 spiro atoms. The highest BCUT2D eigenvalue weighted by Crippen LogP contribution is 2.62. The molecule has 0 amide bonds. The minimum absolute atomic E-state index is 0.234. The monoisotopic (exact) mass is 524 g/mol. The number of alkyl halides is 15. The Morgan fingerprint density at radius 1 is 0.727 bits per heavy atom. The lowest BCUT2D eigenvalue weighted by atomic mass is 9.91. The van der Waals surface area contributed by atoms with Gasteiger partial charge in [-0.3, -0.25) is 0 Å². The molecule has 33 heavy (non-hydrogen) atoms. The number of carbonyl (C=O) groups excluding carboxylic acids is 1. The molecule has 1 atom stereocenters. The fourth-order valence-electron chi connectivity index (χ4n) is 1.99. The second kappa shape index (κ2) is 9.43. The molecule has 0 aliphatic rings. The van der Waals surface area contributed by atoms with Crippen LogP contribution in [0.3, 0.4) is 0 Å². The van der Waals surface area contributed by atoms with Crippen LogP contribution in [-0.2, 0) is 9.53 Å². The van der Waals surface area contributed by atoms with Crippen molar-refractivity contribution in [3.05, 3.63) is 12.2 Å². The zero-order valence-electron chi connectivity index (χ0n) is 16.3. The van der Waals surface area contributed by atoms with Gasteiger partial charge in [0.2, 0.25) is 0 Å². The standard InChI is InChI=1S/C16H15F15O2/c1-3-4-5-6-7-8(2)33-9(32)10(17,18)11(19,20)12(21,22)13(23,24)14(25,26)15(27,28)16(29,30)31/h6-8H,3-5H2,1-2H3/b7-6+. The molecule has 0 saturated heterocycles. The van der Waals surface area contributed by atoms with Gasteiger partial charge in [0.15, 0.2) is 0 Å². The van der Waals surface area contributed by atoms with E-state index in [1.165, 1.54) is 0 Å². The Morgan fingerprint density at radius 2 is 1.12 bits per heavy atom. The second-order valence-electron chi connectivity index (χ2n) is 6.62.